The van der Waals surface area contributed by atoms with Gasteiger partial charge in [0.25, 0.3) is 5.91 Å². The van der Waals surface area contributed by atoms with Crippen LogP contribution in [0.4, 0.5) is 5.13 Å². The lowest BCUT2D eigenvalue weighted by Gasteiger charge is -2.06. The van der Waals surface area contributed by atoms with E-state index in [1.54, 1.807) is 11.8 Å². The number of amides is 1. The van der Waals surface area contributed by atoms with Crippen molar-refractivity contribution in [1.82, 2.24) is 10.2 Å². The fraction of sp³-hybridized carbons (Fsp3) is 0.357. The molecule has 0 unspecified atom stereocenters. The highest BCUT2D eigenvalue weighted by Gasteiger charge is 2.24. The van der Waals surface area contributed by atoms with Gasteiger partial charge in [0, 0.05) is 11.5 Å². The van der Waals surface area contributed by atoms with Gasteiger partial charge in [0.05, 0.1) is 5.75 Å². The van der Waals surface area contributed by atoms with Crippen molar-refractivity contribution >= 4 is 34.1 Å². The summed E-state index contributed by atoms with van der Waals surface area (Å²) in [5.41, 5.74) is 0. The molecule has 0 saturated carbocycles. The minimum absolute atomic E-state index is 0.120. The highest BCUT2D eigenvalue weighted by atomic mass is 32.2. The maximum atomic E-state index is 11.9. The average Bonchev–Trinajstić information content (AvgIpc) is 3.18. The van der Waals surface area contributed by atoms with Crippen molar-refractivity contribution in [1.29, 1.82) is 0 Å². The number of carbonyl (C=O) groups excluding carboxylic acids is 1. The Bertz CT molecular complexity index is 597. The predicted molar refractivity (Wildman–Crippen MR) is 83.5 cm³/mol. The summed E-state index contributed by atoms with van der Waals surface area (Å²) in [5.74, 6) is 0.628. The number of carbonyl (C=O) groups is 1. The number of nitrogens with one attached hydrogen (secondary N) is 1. The monoisotopic (exact) mass is 321 g/mol. The number of anilines is 1. The second-order valence-electron chi connectivity index (χ2n) is 4.59. The summed E-state index contributed by atoms with van der Waals surface area (Å²) in [6, 6.07) is 10.1. The molecule has 1 atom stereocenters. The number of ether oxygens (including phenoxy) is 1. The lowest BCUT2D eigenvalue weighted by Crippen LogP contribution is -2.26. The van der Waals surface area contributed by atoms with Crippen molar-refractivity contribution in [2.75, 3.05) is 11.9 Å². The number of hydrogen-bond donors (Lipinski definition) is 1. The molecule has 1 aromatic carbocycles. The second-order valence-corrected chi connectivity index (χ2v) is 6.70. The van der Waals surface area contributed by atoms with E-state index in [0.717, 1.165) is 23.6 Å². The summed E-state index contributed by atoms with van der Waals surface area (Å²) in [7, 11) is 0. The predicted octanol–water partition coefficient (Wildman–Crippen LogP) is 2.95. The van der Waals surface area contributed by atoms with Crippen molar-refractivity contribution in [3.63, 3.8) is 0 Å². The molecule has 0 spiro atoms. The Labute approximate surface area is 131 Å². The number of aromatic nitrogens is 2. The molecule has 1 N–H and O–H groups in total. The molecule has 1 amide bonds. The summed E-state index contributed by atoms with van der Waals surface area (Å²) in [6.45, 7) is 0.660. The number of benzene rings is 1. The van der Waals surface area contributed by atoms with Gasteiger partial charge in [-0.3, -0.25) is 10.1 Å². The zero-order valence-electron chi connectivity index (χ0n) is 11.3. The molecular formula is C14H15N3O2S2. The van der Waals surface area contributed by atoms with E-state index in [4.69, 9.17) is 4.74 Å². The molecule has 3 rings (SSSR count). The minimum Gasteiger partial charge on any atom is -0.368 e. The highest BCUT2D eigenvalue weighted by Crippen LogP contribution is 2.26. The van der Waals surface area contributed by atoms with Crippen LogP contribution in [0.1, 0.15) is 17.8 Å². The number of nitrogens with zero attached hydrogens (tertiary/aromatic N) is 2. The maximum absolute atomic E-state index is 11.9. The molecule has 21 heavy (non-hydrogen) atoms. The molecule has 1 saturated heterocycles. The first-order valence-corrected chi connectivity index (χ1v) is 8.54. The standard InChI is InChI=1S/C14H15N3O2S2/c18-13(11-7-4-8-19-11)15-14-17-16-12(21-14)9-20-10-5-2-1-3-6-10/h1-3,5-6,11H,4,7-9H2,(H,15,17,18)/t11-/m0/s1. The van der Waals surface area contributed by atoms with Gasteiger partial charge in [-0.15, -0.1) is 22.0 Å². The van der Waals surface area contributed by atoms with Gasteiger partial charge >= 0.3 is 0 Å². The summed E-state index contributed by atoms with van der Waals surface area (Å²) >= 11 is 3.11. The van der Waals surface area contributed by atoms with Crippen LogP contribution in [0.5, 0.6) is 0 Å². The Morgan fingerprint density at radius 3 is 3.00 bits per heavy atom. The summed E-state index contributed by atoms with van der Waals surface area (Å²) in [4.78, 5) is 13.1. The lowest BCUT2D eigenvalue weighted by atomic mass is 10.2. The molecule has 0 bridgehead atoms. The van der Waals surface area contributed by atoms with E-state index in [-0.39, 0.29) is 12.0 Å². The molecule has 110 valence electrons. The Kier molecular flexibility index (Phi) is 4.84. The van der Waals surface area contributed by atoms with E-state index >= 15 is 0 Å². The molecule has 1 aliphatic rings. The topological polar surface area (TPSA) is 64.1 Å². The molecule has 2 aromatic rings. The fourth-order valence-electron chi connectivity index (χ4n) is 1.99. The van der Waals surface area contributed by atoms with E-state index in [1.807, 2.05) is 18.2 Å². The van der Waals surface area contributed by atoms with E-state index < -0.39 is 0 Å². The molecule has 1 aromatic heterocycles. The van der Waals surface area contributed by atoms with Gasteiger partial charge in [0.15, 0.2) is 0 Å². The van der Waals surface area contributed by atoms with Crippen LogP contribution in [0.15, 0.2) is 35.2 Å². The van der Waals surface area contributed by atoms with Gasteiger partial charge in [-0.05, 0) is 25.0 Å². The van der Waals surface area contributed by atoms with Crippen molar-refractivity contribution in [2.45, 2.75) is 29.6 Å². The van der Waals surface area contributed by atoms with Gasteiger partial charge < -0.3 is 4.74 Å². The zero-order valence-corrected chi connectivity index (χ0v) is 13.0. The van der Waals surface area contributed by atoms with Crippen molar-refractivity contribution < 1.29 is 9.53 Å². The molecule has 0 radical (unpaired) electrons. The third-order valence-electron chi connectivity index (χ3n) is 3.02. The van der Waals surface area contributed by atoms with Crippen molar-refractivity contribution in [3.8, 4) is 0 Å². The molecule has 1 fully saturated rings. The van der Waals surface area contributed by atoms with Crippen molar-refractivity contribution in [2.24, 2.45) is 0 Å². The Morgan fingerprint density at radius 2 is 2.24 bits per heavy atom. The van der Waals surface area contributed by atoms with Crippen molar-refractivity contribution in [3.05, 3.63) is 35.3 Å². The highest BCUT2D eigenvalue weighted by molar-refractivity contribution is 7.98. The van der Waals surface area contributed by atoms with E-state index in [0.29, 0.717) is 11.7 Å². The van der Waals surface area contributed by atoms with E-state index in [9.17, 15) is 4.79 Å². The summed E-state index contributed by atoms with van der Waals surface area (Å²) in [6.07, 6.45) is 1.38. The van der Waals surface area contributed by atoms with Gasteiger partial charge in [0.2, 0.25) is 5.13 Å². The normalized spacial score (nSPS) is 17.8. The first kappa shape index (κ1) is 14.5. The van der Waals surface area contributed by atoms with Crippen LogP contribution in [-0.4, -0.2) is 28.8 Å². The smallest absolute Gasteiger partial charge is 0.255 e. The van der Waals surface area contributed by atoms with E-state index in [1.165, 1.54) is 16.2 Å². The van der Waals surface area contributed by atoms with Crippen LogP contribution in [0, 0.1) is 0 Å². The average molecular weight is 321 g/mol. The Balaban J connectivity index is 1.52. The zero-order chi connectivity index (χ0) is 14.5. The minimum atomic E-state index is -0.337. The third-order valence-corrected chi connectivity index (χ3v) is 5.07. The fourth-order valence-corrected chi connectivity index (χ4v) is 3.64. The van der Waals surface area contributed by atoms with Crippen LogP contribution >= 0.6 is 23.1 Å². The quantitative estimate of drug-likeness (QED) is 0.858. The van der Waals surface area contributed by atoms with Gasteiger partial charge in [-0.25, -0.2) is 0 Å². The molecule has 2 heterocycles. The molecular weight excluding hydrogens is 306 g/mol. The van der Waals surface area contributed by atoms with Crippen LogP contribution < -0.4 is 5.32 Å². The molecule has 0 aliphatic carbocycles. The molecule has 5 nitrogen and oxygen atoms in total. The van der Waals surface area contributed by atoms with E-state index in [2.05, 4.69) is 27.6 Å². The van der Waals surface area contributed by atoms with Gasteiger partial charge in [-0.2, -0.15) is 0 Å². The lowest BCUT2D eigenvalue weighted by molar-refractivity contribution is -0.124. The van der Waals surface area contributed by atoms with Gasteiger partial charge in [0.1, 0.15) is 11.1 Å². The first-order valence-electron chi connectivity index (χ1n) is 6.74. The summed E-state index contributed by atoms with van der Waals surface area (Å²) in [5, 5.41) is 12.3. The largest absolute Gasteiger partial charge is 0.368 e. The Morgan fingerprint density at radius 1 is 1.38 bits per heavy atom. The van der Waals surface area contributed by atoms with Crippen LogP contribution in [0.3, 0.4) is 0 Å². The SMILES string of the molecule is O=C(Nc1nnc(CSc2ccccc2)s1)[C@@H]1CCCO1. The number of thioether (sulfide) groups is 1. The Hall–Kier alpha value is -1.44. The van der Waals surface area contributed by atoms with Crippen LogP contribution in [0.2, 0.25) is 0 Å². The van der Waals surface area contributed by atoms with Crippen LogP contribution in [0.25, 0.3) is 0 Å². The maximum Gasteiger partial charge on any atom is 0.255 e. The number of hydrogen-bond acceptors (Lipinski definition) is 6. The first-order chi connectivity index (χ1) is 10.3. The molecule has 7 heteroatoms. The van der Waals surface area contributed by atoms with Crippen LogP contribution in [-0.2, 0) is 15.3 Å². The molecule has 1 aliphatic heterocycles. The third kappa shape index (κ3) is 4.03. The second kappa shape index (κ2) is 7.02. The summed E-state index contributed by atoms with van der Waals surface area (Å²) < 4.78 is 5.34. The van der Waals surface area contributed by atoms with Gasteiger partial charge in [-0.1, -0.05) is 29.5 Å². The number of rotatable bonds is 5.